The van der Waals surface area contributed by atoms with E-state index in [4.69, 9.17) is 5.41 Å². The van der Waals surface area contributed by atoms with Crippen molar-refractivity contribution in [3.8, 4) is 0 Å². The van der Waals surface area contributed by atoms with E-state index in [1.165, 1.54) is 0 Å². The Morgan fingerprint density at radius 2 is 1.88 bits per heavy atom. The van der Waals surface area contributed by atoms with E-state index in [-0.39, 0.29) is 31.7 Å². The van der Waals surface area contributed by atoms with Crippen molar-refractivity contribution in [1.29, 1.82) is 5.41 Å². The van der Waals surface area contributed by atoms with Crippen LogP contribution in [-0.4, -0.2) is 76.5 Å². The number of carboxylic acids is 1. The maximum absolute atomic E-state index is 13.1. The molecule has 1 aliphatic heterocycles. The number of nitrogens with one attached hydrogen (secondary N) is 4. The van der Waals surface area contributed by atoms with Crippen molar-refractivity contribution in [2.45, 2.75) is 44.2 Å². The van der Waals surface area contributed by atoms with E-state index < -0.39 is 29.7 Å². The number of aromatic nitrogens is 1. The quantitative estimate of drug-likeness (QED) is 0.299. The number of carboxylic acid groups (broad SMARTS) is 1. The number of rotatable bonds is 12. The Morgan fingerprint density at radius 1 is 1.15 bits per heavy atom. The van der Waals surface area contributed by atoms with Crippen LogP contribution in [0.1, 0.15) is 31.2 Å². The van der Waals surface area contributed by atoms with Gasteiger partial charge in [0.15, 0.2) is 5.78 Å². The average molecular weight is 456 g/mol. The van der Waals surface area contributed by atoms with Crippen LogP contribution in [0.2, 0.25) is 0 Å². The molecule has 33 heavy (non-hydrogen) atoms. The van der Waals surface area contributed by atoms with E-state index in [0.29, 0.717) is 19.3 Å². The summed E-state index contributed by atoms with van der Waals surface area (Å²) in [6.07, 6.45) is 4.31. The van der Waals surface area contributed by atoms with Gasteiger partial charge in [-0.2, -0.15) is 0 Å². The highest BCUT2D eigenvalue weighted by molar-refractivity contribution is 6.26. The first-order chi connectivity index (χ1) is 15.9. The van der Waals surface area contributed by atoms with Gasteiger partial charge >= 0.3 is 5.97 Å². The van der Waals surface area contributed by atoms with Crippen LogP contribution in [0.3, 0.4) is 0 Å². The highest BCUT2D eigenvalue weighted by Crippen LogP contribution is 2.19. The molecule has 2 amide bonds. The largest absolute Gasteiger partial charge is 0.480 e. The fraction of sp³-hybridized carbons (Fsp3) is 0.435. The number of aliphatic carboxylic acids is 1. The van der Waals surface area contributed by atoms with Crippen LogP contribution in [0.4, 0.5) is 0 Å². The predicted octanol–water partition coefficient (Wildman–Crippen LogP) is 0.859. The zero-order chi connectivity index (χ0) is 23.8. The van der Waals surface area contributed by atoms with Crippen LogP contribution >= 0.6 is 0 Å². The van der Waals surface area contributed by atoms with E-state index in [1.807, 2.05) is 24.3 Å². The summed E-state index contributed by atoms with van der Waals surface area (Å²) < 4.78 is 0. The molecule has 10 heteroatoms. The first-order valence-electron chi connectivity index (χ1n) is 11.0. The van der Waals surface area contributed by atoms with E-state index in [9.17, 15) is 24.3 Å². The molecule has 0 aliphatic carbocycles. The van der Waals surface area contributed by atoms with Gasteiger partial charge in [-0.1, -0.05) is 18.2 Å². The SMILES string of the molecule is N=CC(=O)CC[C@H](NC(=O)[C@H](Cc1c[nH]c2ccccc12)NCC(=O)N1CCCC1)C(=O)O. The Bertz CT molecular complexity index is 1030. The normalized spacial score (nSPS) is 15.2. The molecule has 0 saturated carbocycles. The predicted molar refractivity (Wildman–Crippen MR) is 122 cm³/mol. The number of carbonyl (C=O) groups excluding carboxylic acids is 3. The van der Waals surface area contributed by atoms with Gasteiger partial charge in [0.25, 0.3) is 0 Å². The number of likely N-dealkylation sites (tertiary alicyclic amines) is 1. The number of aromatic amines is 1. The van der Waals surface area contributed by atoms with Crippen molar-refractivity contribution in [2.75, 3.05) is 19.6 Å². The highest BCUT2D eigenvalue weighted by atomic mass is 16.4. The fourth-order valence-electron chi connectivity index (χ4n) is 3.96. The molecular weight excluding hydrogens is 426 g/mol. The van der Waals surface area contributed by atoms with E-state index in [2.05, 4.69) is 15.6 Å². The number of ketones is 1. The van der Waals surface area contributed by atoms with Crippen LogP contribution in [0.15, 0.2) is 30.5 Å². The zero-order valence-corrected chi connectivity index (χ0v) is 18.3. The topological polar surface area (TPSA) is 155 Å². The lowest BCUT2D eigenvalue weighted by molar-refractivity contribution is -0.142. The zero-order valence-electron chi connectivity index (χ0n) is 18.3. The first kappa shape index (κ1) is 24.1. The van der Waals surface area contributed by atoms with Crippen molar-refractivity contribution < 1.29 is 24.3 Å². The van der Waals surface area contributed by atoms with Crippen LogP contribution < -0.4 is 10.6 Å². The van der Waals surface area contributed by atoms with Gasteiger partial charge in [-0.25, -0.2) is 4.79 Å². The second-order valence-electron chi connectivity index (χ2n) is 8.13. The molecule has 10 nitrogen and oxygen atoms in total. The number of fused-ring (bicyclic) bond motifs is 1. The molecular formula is C23H29N5O5. The van der Waals surface area contributed by atoms with Gasteiger partial charge in [-0.05, 0) is 37.3 Å². The lowest BCUT2D eigenvalue weighted by Crippen LogP contribution is -2.53. The van der Waals surface area contributed by atoms with Gasteiger partial charge in [0, 0.05) is 36.6 Å². The molecule has 176 valence electrons. The fourth-order valence-corrected chi connectivity index (χ4v) is 3.96. The smallest absolute Gasteiger partial charge is 0.326 e. The summed E-state index contributed by atoms with van der Waals surface area (Å²) in [5.74, 6) is -2.44. The molecule has 1 fully saturated rings. The third kappa shape index (κ3) is 6.48. The van der Waals surface area contributed by atoms with Gasteiger partial charge in [0.1, 0.15) is 6.04 Å². The summed E-state index contributed by atoms with van der Waals surface area (Å²) in [6, 6.07) is 5.50. The second-order valence-corrected chi connectivity index (χ2v) is 8.13. The van der Waals surface area contributed by atoms with Gasteiger partial charge < -0.3 is 25.7 Å². The van der Waals surface area contributed by atoms with Crippen molar-refractivity contribution in [2.24, 2.45) is 0 Å². The molecule has 0 radical (unpaired) electrons. The van der Waals surface area contributed by atoms with Crippen LogP contribution in [0, 0.1) is 5.41 Å². The maximum atomic E-state index is 13.1. The Balaban J connectivity index is 1.73. The minimum atomic E-state index is -1.28. The lowest BCUT2D eigenvalue weighted by atomic mass is 10.0. The summed E-state index contributed by atoms with van der Waals surface area (Å²) in [5.41, 5.74) is 1.77. The standard InChI is InChI=1S/C23H29N5O5/c24-12-16(29)7-8-19(23(32)33)27-22(31)20(26-14-21(30)28-9-3-4-10-28)11-15-13-25-18-6-2-1-5-17(15)18/h1-2,5-6,12-13,19-20,24-26H,3-4,7-11,14H2,(H,27,31)(H,32,33)/t19-,20-/m0/s1. The van der Waals surface area contributed by atoms with Gasteiger partial charge in [-0.15, -0.1) is 0 Å². The molecule has 5 N–H and O–H groups in total. The van der Waals surface area contributed by atoms with Crippen molar-refractivity contribution in [1.82, 2.24) is 20.5 Å². The minimum absolute atomic E-state index is 0.0372. The molecule has 2 aromatic rings. The van der Waals surface area contributed by atoms with Crippen LogP contribution in [0.25, 0.3) is 10.9 Å². The number of nitrogens with zero attached hydrogens (tertiary/aromatic N) is 1. The lowest BCUT2D eigenvalue weighted by Gasteiger charge is -2.23. The number of hydrogen-bond donors (Lipinski definition) is 5. The Hall–Kier alpha value is -3.53. The number of amides is 2. The molecule has 2 heterocycles. The van der Waals surface area contributed by atoms with Gasteiger partial charge in [0.2, 0.25) is 11.8 Å². The van der Waals surface area contributed by atoms with Gasteiger partial charge in [0.05, 0.1) is 18.8 Å². The molecule has 3 rings (SSSR count). The van der Waals surface area contributed by atoms with E-state index >= 15 is 0 Å². The first-order valence-corrected chi connectivity index (χ1v) is 11.0. The van der Waals surface area contributed by atoms with Crippen molar-refractivity contribution >= 4 is 40.7 Å². The summed E-state index contributed by atoms with van der Waals surface area (Å²) in [6.45, 7) is 1.36. The monoisotopic (exact) mass is 455 g/mol. The third-order valence-electron chi connectivity index (χ3n) is 5.83. The molecule has 1 aromatic heterocycles. The number of carbonyl (C=O) groups is 4. The summed E-state index contributed by atoms with van der Waals surface area (Å²) in [4.78, 5) is 53.5. The Morgan fingerprint density at radius 3 is 2.58 bits per heavy atom. The van der Waals surface area contributed by atoms with Gasteiger partial charge in [-0.3, -0.25) is 19.7 Å². The molecule has 0 spiro atoms. The molecule has 1 aromatic carbocycles. The summed E-state index contributed by atoms with van der Waals surface area (Å²) >= 11 is 0. The highest BCUT2D eigenvalue weighted by Gasteiger charge is 2.28. The van der Waals surface area contributed by atoms with Crippen molar-refractivity contribution in [3.05, 3.63) is 36.0 Å². The van der Waals surface area contributed by atoms with Crippen LogP contribution in [-0.2, 0) is 25.6 Å². The number of Topliss-reactive ketones (excluding diaryl/α,β-unsaturated/α-hetero) is 1. The van der Waals surface area contributed by atoms with E-state index in [0.717, 1.165) is 29.3 Å². The summed E-state index contributed by atoms with van der Waals surface area (Å²) in [5, 5.41) is 22.9. The molecule has 1 saturated heterocycles. The number of benzene rings is 1. The van der Waals surface area contributed by atoms with E-state index in [1.54, 1.807) is 11.1 Å². The maximum Gasteiger partial charge on any atom is 0.326 e. The number of para-hydroxylation sites is 1. The molecule has 1 aliphatic rings. The average Bonchev–Trinajstić information content (AvgIpc) is 3.49. The number of hydrogen-bond acceptors (Lipinski definition) is 6. The third-order valence-corrected chi connectivity index (χ3v) is 5.83. The molecule has 2 atom stereocenters. The Kier molecular flexibility index (Phi) is 8.31. The molecule has 0 unspecified atom stereocenters. The van der Waals surface area contributed by atoms with Crippen LogP contribution in [0.5, 0.6) is 0 Å². The second kappa shape index (κ2) is 11.4. The number of H-pyrrole nitrogens is 1. The molecule has 0 bridgehead atoms. The van der Waals surface area contributed by atoms with Crippen molar-refractivity contribution in [3.63, 3.8) is 0 Å². The summed E-state index contributed by atoms with van der Waals surface area (Å²) in [7, 11) is 0. The minimum Gasteiger partial charge on any atom is -0.480 e. The Labute approximate surface area is 191 Å².